The van der Waals surface area contributed by atoms with Crippen LogP contribution in [0.4, 0.5) is 0 Å². The number of hydrogen-bond acceptors (Lipinski definition) is 5. The van der Waals surface area contributed by atoms with Crippen LogP contribution in [0.15, 0.2) is 36.4 Å². The van der Waals surface area contributed by atoms with Crippen molar-refractivity contribution in [3.8, 4) is 11.5 Å². The van der Waals surface area contributed by atoms with Crippen molar-refractivity contribution in [2.45, 2.75) is 32.3 Å². The minimum atomic E-state index is -0.670. The monoisotopic (exact) mass is 328 g/mol. The van der Waals surface area contributed by atoms with Gasteiger partial charge in [0.2, 0.25) is 0 Å². The molecular weight excluding hydrogens is 308 g/mol. The molecular formula is C19H20O5. The molecule has 3 atom stereocenters. The molecule has 5 heteroatoms. The molecule has 0 amide bonds. The molecule has 1 saturated carbocycles. The zero-order valence-corrected chi connectivity index (χ0v) is 13.4. The van der Waals surface area contributed by atoms with Crippen molar-refractivity contribution in [2.75, 3.05) is 0 Å². The molecule has 0 radical (unpaired) electrons. The Morgan fingerprint density at radius 3 is 2.71 bits per heavy atom. The second-order valence-electron chi connectivity index (χ2n) is 6.50. The van der Waals surface area contributed by atoms with Crippen molar-refractivity contribution in [1.29, 1.82) is 0 Å². The van der Waals surface area contributed by atoms with E-state index in [4.69, 9.17) is 4.74 Å². The highest BCUT2D eigenvalue weighted by Crippen LogP contribution is 2.43. The lowest BCUT2D eigenvalue weighted by Gasteiger charge is -2.16. The van der Waals surface area contributed by atoms with Gasteiger partial charge in [0.25, 0.3) is 0 Å². The van der Waals surface area contributed by atoms with Gasteiger partial charge in [-0.2, -0.15) is 0 Å². The molecule has 3 unspecified atom stereocenters. The molecule has 1 aliphatic carbocycles. The molecule has 126 valence electrons. The van der Waals surface area contributed by atoms with Gasteiger partial charge in [0.1, 0.15) is 17.1 Å². The van der Waals surface area contributed by atoms with Crippen molar-refractivity contribution >= 4 is 11.8 Å². The van der Waals surface area contributed by atoms with Crippen molar-refractivity contribution in [3.05, 3.63) is 47.6 Å². The van der Waals surface area contributed by atoms with Crippen molar-refractivity contribution in [2.24, 2.45) is 11.8 Å². The quantitative estimate of drug-likeness (QED) is 0.715. The predicted octanol–water partition coefficient (Wildman–Crippen LogP) is 2.91. The Bertz CT molecular complexity index is 732. The number of phenols is 2. The van der Waals surface area contributed by atoms with Crippen LogP contribution in [0.25, 0.3) is 0 Å². The summed E-state index contributed by atoms with van der Waals surface area (Å²) >= 11 is 0. The van der Waals surface area contributed by atoms with Crippen molar-refractivity contribution in [3.63, 3.8) is 0 Å². The number of allylic oxidation sites excluding steroid dienone is 4. The fraction of sp³-hybridized carbons (Fsp3) is 0.368. The van der Waals surface area contributed by atoms with E-state index >= 15 is 0 Å². The summed E-state index contributed by atoms with van der Waals surface area (Å²) in [6, 6.07) is 2.39. The number of benzene rings is 1. The molecule has 0 aromatic heterocycles. The van der Waals surface area contributed by atoms with E-state index in [1.165, 1.54) is 12.1 Å². The third-order valence-corrected chi connectivity index (χ3v) is 4.42. The Morgan fingerprint density at radius 1 is 1.12 bits per heavy atom. The van der Waals surface area contributed by atoms with E-state index in [2.05, 4.69) is 6.08 Å². The fourth-order valence-corrected chi connectivity index (χ4v) is 3.15. The van der Waals surface area contributed by atoms with Gasteiger partial charge in [0.15, 0.2) is 5.78 Å². The molecule has 2 aliphatic rings. The minimum absolute atomic E-state index is 0.0543. The molecule has 1 heterocycles. The molecule has 0 saturated heterocycles. The van der Waals surface area contributed by atoms with Gasteiger partial charge in [-0.15, -0.1) is 0 Å². The molecule has 0 spiro atoms. The van der Waals surface area contributed by atoms with Gasteiger partial charge in [-0.25, -0.2) is 4.79 Å². The number of ketones is 1. The molecule has 3 rings (SSSR count). The molecule has 0 bridgehead atoms. The molecule has 1 aromatic carbocycles. The largest absolute Gasteiger partial charge is 0.508 e. The van der Waals surface area contributed by atoms with Crippen LogP contribution >= 0.6 is 0 Å². The number of aromatic hydroxyl groups is 2. The number of carbonyl (C=O) groups excluding carboxylic acids is 2. The standard InChI is InChI=1S/C19H20O5/c1-11-6-13-7-12(13)4-2-3-5-15(20)8-14-9-16(21)10-17(22)18(14)19(23)24-11/h2-5,9-13,21-22H,6-8H2,1H3/b4-2+,5-3+. The molecule has 1 aliphatic heterocycles. The summed E-state index contributed by atoms with van der Waals surface area (Å²) in [6.45, 7) is 1.82. The van der Waals surface area contributed by atoms with E-state index in [1.54, 1.807) is 6.08 Å². The zero-order valence-electron chi connectivity index (χ0n) is 13.4. The summed E-state index contributed by atoms with van der Waals surface area (Å²) in [6.07, 6.45) is 8.49. The zero-order chi connectivity index (χ0) is 17.3. The van der Waals surface area contributed by atoms with Crippen LogP contribution in [0.3, 0.4) is 0 Å². The fourth-order valence-electron chi connectivity index (χ4n) is 3.15. The van der Waals surface area contributed by atoms with Gasteiger partial charge < -0.3 is 14.9 Å². The maximum Gasteiger partial charge on any atom is 0.342 e. The maximum atomic E-state index is 12.4. The van der Waals surface area contributed by atoms with Crippen LogP contribution in [-0.4, -0.2) is 28.1 Å². The second-order valence-corrected chi connectivity index (χ2v) is 6.50. The van der Waals surface area contributed by atoms with E-state index in [0.29, 0.717) is 11.8 Å². The van der Waals surface area contributed by atoms with E-state index in [1.807, 2.05) is 13.0 Å². The molecule has 1 aromatic rings. The normalized spacial score (nSPS) is 29.6. The Kier molecular flexibility index (Phi) is 4.42. The van der Waals surface area contributed by atoms with Gasteiger partial charge in [-0.1, -0.05) is 18.2 Å². The maximum absolute atomic E-state index is 12.4. The Morgan fingerprint density at radius 2 is 1.92 bits per heavy atom. The highest BCUT2D eigenvalue weighted by molar-refractivity contribution is 5.98. The first-order valence-corrected chi connectivity index (χ1v) is 8.07. The smallest absolute Gasteiger partial charge is 0.342 e. The van der Waals surface area contributed by atoms with E-state index in [9.17, 15) is 19.8 Å². The highest BCUT2D eigenvalue weighted by atomic mass is 16.5. The van der Waals surface area contributed by atoms with Gasteiger partial charge in [-0.05, 0) is 49.3 Å². The van der Waals surface area contributed by atoms with Crippen molar-refractivity contribution in [1.82, 2.24) is 0 Å². The van der Waals surface area contributed by atoms with Crippen LogP contribution in [0.2, 0.25) is 0 Å². The third-order valence-electron chi connectivity index (χ3n) is 4.42. The Balaban J connectivity index is 1.96. The van der Waals surface area contributed by atoms with E-state index in [0.717, 1.165) is 18.9 Å². The molecule has 24 heavy (non-hydrogen) atoms. The van der Waals surface area contributed by atoms with Crippen LogP contribution in [0.1, 0.15) is 35.7 Å². The van der Waals surface area contributed by atoms with Crippen LogP contribution in [0.5, 0.6) is 11.5 Å². The number of hydrogen-bond donors (Lipinski definition) is 2. The first kappa shape index (κ1) is 16.3. The number of phenolic OH excluding ortho intramolecular Hbond substituents is 2. The van der Waals surface area contributed by atoms with Crippen molar-refractivity contribution < 1.29 is 24.5 Å². The average molecular weight is 328 g/mol. The number of esters is 1. The second kappa shape index (κ2) is 6.51. The summed E-state index contributed by atoms with van der Waals surface area (Å²) in [5.41, 5.74) is 0.200. The first-order valence-electron chi connectivity index (χ1n) is 8.07. The third kappa shape index (κ3) is 3.67. The van der Waals surface area contributed by atoms with Crippen LogP contribution in [-0.2, 0) is 16.0 Å². The van der Waals surface area contributed by atoms with E-state index < -0.39 is 5.97 Å². The summed E-state index contributed by atoms with van der Waals surface area (Å²) in [5, 5.41) is 19.7. The number of carbonyl (C=O) groups is 2. The lowest BCUT2D eigenvalue weighted by atomic mass is 10.00. The molecule has 5 nitrogen and oxygen atoms in total. The number of fused-ring (bicyclic) bond motifs is 2. The lowest BCUT2D eigenvalue weighted by molar-refractivity contribution is -0.114. The van der Waals surface area contributed by atoms with Gasteiger partial charge in [-0.3, -0.25) is 4.79 Å². The van der Waals surface area contributed by atoms with Crippen LogP contribution < -0.4 is 0 Å². The molecule has 2 N–H and O–H groups in total. The van der Waals surface area contributed by atoms with E-state index in [-0.39, 0.29) is 40.9 Å². The summed E-state index contributed by atoms with van der Waals surface area (Å²) < 4.78 is 5.44. The predicted molar refractivity (Wildman–Crippen MR) is 87.9 cm³/mol. The topological polar surface area (TPSA) is 83.8 Å². The summed E-state index contributed by atoms with van der Waals surface area (Å²) in [5.74, 6) is -0.538. The molecule has 1 fully saturated rings. The number of rotatable bonds is 0. The Hall–Kier alpha value is -2.56. The van der Waals surface area contributed by atoms with Crippen LogP contribution in [0, 0.1) is 11.8 Å². The van der Waals surface area contributed by atoms with Gasteiger partial charge >= 0.3 is 5.97 Å². The number of cyclic esters (lactones) is 1. The summed E-state index contributed by atoms with van der Waals surface area (Å²) in [4.78, 5) is 24.5. The summed E-state index contributed by atoms with van der Waals surface area (Å²) in [7, 11) is 0. The lowest BCUT2D eigenvalue weighted by Crippen LogP contribution is -2.18. The highest BCUT2D eigenvalue weighted by Gasteiger charge is 2.36. The Labute approximate surface area is 140 Å². The van der Waals surface area contributed by atoms with Gasteiger partial charge in [0.05, 0.1) is 6.10 Å². The minimum Gasteiger partial charge on any atom is -0.508 e. The number of ether oxygens (including phenoxy) is 1. The average Bonchev–Trinajstić information content (AvgIpc) is 3.19. The first-order chi connectivity index (χ1) is 11.4. The van der Waals surface area contributed by atoms with Gasteiger partial charge in [0, 0.05) is 12.5 Å². The SMILES string of the molecule is CC1CC2CC2/C=C/C=C/C(=O)Cc2cc(O)cc(O)c2C(=O)O1.